The van der Waals surface area contributed by atoms with Crippen LogP contribution in [-0.2, 0) is 4.79 Å². The lowest BCUT2D eigenvalue weighted by molar-refractivity contribution is -0.130. The van der Waals surface area contributed by atoms with Crippen molar-refractivity contribution in [3.63, 3.8) is 0 Å². The van der Waals surface area contributed by atoms with Crippen molar-refractivity contribution >= 4 is 21.8 Å². The Labute approximate surface area is 83.4 Å². The van der Waals surface area contributed by atoms with Crippen LogP contribution in [0.2, 0.25) is 0 Å². The summed E-state index contributed by atoms with van der Waals surface area (Å²) in [7, 11) is 0. The summed E-state index contributed by atoms with van der Waals surface area (Å²) in [4.78, 5) is 13.4. The lowest BCUT2D eigenvalue weighted by Gasteiger charge is -2.20. The van der Waals surface area contributed by atoms with Crippen molar-refractivity contribution in [3.8, 4) is 0 Å². The fraction of sp³-hybridized carbons (Fsp3) is 0.889. The van der Waals surface area contributed by atoms with E-state index in [-0.39, 0.29) is 5.91 Å². The van der Waals surface area contributed by atoms with Crippen LogP contribution in [0.5, 0.6) is 0 Å². The highest BCUT2D eigenvalue weighted by atomic mass is 79.9. The van der Waals surface area contributed by atoms with Crippen molar-refractivity contribution in [2.24, 2.45) is 0 Å². The van der Waals surface area contributed by atoms with Crippen LogP contribution >= 0.6 is 15.9 Å². The first-order valence-electron chi connectivity index (χ1n) is 4.60. The van der Waals surface area contributed by atoms with Crippen molar-refractivity contribution in [1.82, 2.24) is 4.90 Å². The van der Waals surface area contributed by atoms with Gasteiger partial charge in [-0.15, -0.1) is 0 Å². The predicted molar refractivity (Wildman–Crippen MR) is 55.6 cm³/mol. The molecule has 12 heavy (non-hydrogen) atoms. The SMILES string of the molecule is CCCN(CCC)C(=O)CCBr. The number of carbonyl (C=O) groups excluding carboxylic acids is 1. The van der Waals surface area contributed by atoms with Crippen LogP contribution in [0.15, 0.2) is 0 Å². The fourth-order valence-corrected chi connectivity index (χ4v) is 1.48. The highest BCUT2D eigenvalue weighted by Crippen LogP contribution is 2.00. The molecule has 0 unspecified atom stereocenters. The zero-order valence-electron chi connectivity index (χ0n) is 7.98. The van der Waals surface area contributed by atoms with Gasteiger partial charge < -0.3 is 4.90 Å². The van der Waals surface area contributed by atoms with Crippen molar-refractivity contribution < 1.29 is 4.79 Å². The van der Waals surface area contributed by atoms with E-state index in [1.165, 1.54) is 0 Å². The smallest absolute Gasteiger partial charge is 0.223 e. The maximum atomic E-state index is 11.4. The third-order valence-electron chi connectivity index (χ3n) is 1.65. The Kier molecular flexibility index (Phi) is 7.56. The molecule has 0 aromatic carbocycles. The summed E-state index contributed by atoms with van der Waals surface area (Å²) in [5.41, 5.74) is 0. The molecule has 0 spiro atoms. The summed E-state index contributed by atoms with van der Waals surface area (Å²) in [6.45, 7) is 6.01. The third-order valence-corrected chi connectivity index (χ3v) is 2.04. The number of nitrogens with zero attached hydrogens (tertiary/aromatic N) is 1. The zero-order valence-corrected chi connectivity index (χ0v) is 9.56. The van der Waals surface area contributed by atoms with Crippen LogP contribution in [0, 0.1) is 0 Å². The first-order valence-corrected chi connectivity index (χ1v) is 5.72. The van der Waals surface area contributed by atoms with Crippen LogP contribution in [0.25, 0.3) is 0 Å². The summed E-state index contributed by atoms with van der Waals surface area (Å²) in [5.74, 6) is 0.274. The van der Waals surface area contributed by atoms with E-state index in [9.17, 15) is 4.79 Å². The quantitative estimate of drug-likeness (QED) is 0.648. The molecule has 0 atom stereocenters. The van der Waals surface area contributed by atoms with E-state index in [2.05, 4.69) is 29.8 Å². The van der Waals surface area contributed by atoms with Crippen LogP contribution in [0.4, 0.5) is 0 Å². The van der Waals surface area contributed by atoms with Gasteiger partial charge in [0.05, 0.1) is 0 Å². The molecule has 0 aromatic heterocycles. The molecule has 1 amide bonds. The molecule has 0 aliphatic carbocycles. The van der Waals surface area contributed by atoms with Gasteiger partial charge in [0.15, 0.2) is 0 Å². The first kappa shape index (κ1) is 11.9. The Morgan fingerprint density at radius 2 is 1.75 bits per heavy atom. The fourth-order valence-electron chi connectivity index (χ4n) is 1.14. The van der Waals surface area contributed by atoms with Crippen LogP contribution < -0.4 is 0 Å². The summed E-state index contributed by atoms with van der Waals surface area (Å²) in [5, 5.41) is 0.774. The maximum absolute atomic E-state index is 11.4. The minimum absolute atomic E-state index is 0.274. The number of hydrogen-bond acceptors (Lipinski definition) is 1. The molecule has 0 bridgehead atoms. The topological polar surface area (TPSA) is 20.3 Å². The molecule has 0 saturated carbocycles. The van der Waals surface area contributed by atoms with Crippen LogP contribution in [0.1, 0.15) is 33.1 Å². The first-order chi connectivity index (χ1) is 5.76. The largest absolute Gasteiger partial charge is 0.343 e. The molecule has 0 saturated heterocycles. The molecule has 0 aliphatic rings. The second kappa shape index (κ2) is 7.59. The van der Waals surface area contributed by atoms with Crippen molar-refractivity contribution in [2.45, 2.75) is 33.1 Å². The molecule has 0 N–H and O–H groups in total. The second-order valence-corrected chi connectivity index (χ2v) is 3.61. The lowest BCUT2D eigenvalue weighted by atomic mass is 10.3. The van der Waals surface area contributed by atoms with E-state index in [4.69, 9.17) is 0 Å². The molecule has 72 valence electrons. The van der Waals surface area contributed by atoms with Crippen molar-refractivity contribution in [1.29, 1.82) is 0 Å². The highest BCUT2D eigenvalue weighted by molar-refractivity contribution is 9.09. The van der Waals surface area contributed by atoms with Crippen molar-refractivity contribution in [2.75, 3.05) is 18.4 Å². The minimum atomic E-state index is 0.274. The normalized spacial score (nSPS) is 9.92. The molecule has 3 heteroatoms. The van der Waals surface area contributed by atoms with Gasteiger partial charge in [-0.1, -0.05) is 29.8 Å². The van der Waals surface area contributed by atoms with Gasteiger partial charge in [-0.05, 0) is 12.8 Å². The van der Waals surface area contributed by atoms with Gasteiger partial charge in [0.2, 0.25) is 5.91 Å². The molecular formula is C9H18BrNO. The van der Waals surface area contributed by atoms with Crippen LogP contribution in [0.3, 0.4) is 0 Å². The van der Waals surface area contributed by atoms with Gasteiger partial charge in [0.25, 0.3) is 0 Å². The minimum Gasteiger partial charge on any atom is -0.343 e. The third kappa shape index (κ3) is 4.75. The Morgan fingerprint density at radius 1 is 1.25 bits per heavy atom. The Bertz CT molecular complexity index is 122. The Hall–Kier alpha value is -0.0500. The molecular weight excluding hydrogens is 218 g/mol. The average molecular weight is 236 g/mol. The molecule has 0 aromatic rings. The molecule has 0 radical (unpaired) electrons. The molecule has 0 aliphatic heterocycles. The second-order valence-electron chi connectivity index (χ2n) is 2.82. The standard InChI is InChI=1S/C9H18BrNO/c1-3-7-11(8-4-2)9(12)5-6-10/h3-8H2,1-2H3. The molecule has 0 rings (SSSR count). The summed E-state index contributed by atoms with van der Waals surface area (Å²) < 4.78 is 0. The van der Waals surface area contributed by atoms with E-state index in [1.54, 1.807) is 0 Å². The average Bonchev–Trinajstić information content (AvgIpc) is 2.04. The Balaban J connectivity index is 3.81. The molecule has 2 nitrogen and oxygen atoms in total. The molecule has 0 heterocycles. The highest BCUT2D eigenvalue weighted by Gasteiger charge is 2.09. The number of amides is 1. The van der Waals surface area contributed by atoms with E-state index < -0.39 is 0 Å². The van der Waals surface area contributed by atoms with E-state index in [0.717, 1.165) is 31.3 Å². The van der Waals surface area contributed by atoms with Gasteiger partial charge in [0.1, 0.15) is 0 Å². The summed E-state index contributed by atoms with van der Waals surface area (Å²) in [6.07, 6.45) is 2.72. The lowest BCUT2D eigenvalue weighted by Crippen LogP contribution is -2.32. The van der Waals surface area contributed by atoms with E-state index in [1.807, 2.05) is 4.90 Å². The predicted octanol–water partition coefficient (Wildman–Crippen LogP) is 2.42. The number of halogens is 1. The maximum Gasteiger partial charge on any atom is 0.223 e. The van der Waals surface area contributed by atoms with Gasteiger partial charge in [-0.3, -0.25) is 4.79 Å². The van der Waals surface area contributed by atoms with Gasteiger partial charge >= 0.3 is 0 Å². The summed E-state index contributed by atoms with van der Waals surface area (Å²) >= 11 is 3.27. The van der Waals surface area contributed by atoms with Crippen LogP contribution in [-0.4, -0.2) is 29.2 Å². The number of alkyl halides is 1. The number of rotatable bonds is 6. The summed E-state index contributed by atoms with van der Waals surface area (Å²) in [6, 6.07) is 0. The van der Waals surface area contributed by atoms with E-state index in [0.29, 0.717) is 6.42 Å². The van der Waals surface area contributed by atoms with Gasteiger partial charge in [-0.25, -0.2) is 0 Å². The number of carbonyl (C=O) groups is 1. The zero-order chi connectivity index (χ0) is 9.40. The molecule has 0 fully saturated rings. The Morgan fingerprint density at radius 3 is 2.08 bits per heavy atom. The van der Waals surface area contributed by atoms with Crippen molar-refractivity contribution in [3.05, 3.63) is 0 Å². The monoisotopic (exact) mass is 235 g/mol. The van der Waals surface area contributed by atoms with Gasteiger partial charge in [-0.2, -0.15) is 0 Å². The van der Waals surface area contributed by atoms with E-state index >= 15 is 0 Å². The number of hydrogen-bond donors (Lipinski definition) is 0. The van der Waals surface area contributed by atoms with Gasteiger partial charge in [0, 0.05) is 24.8 Å².